The number of carboxylic acid groups (broad SMARTS) is 1. The van der Waals surface area contributed by atoms with E-state index < -0.39 is 5.97 Å². The zero-order chi connectivity index (χ0) is 19.8. The highest BCUT2D eigenvalue weighted by Gasteiger charge is 2.17. The van der Waals surface area contributed by atoms with E-state index in [2.05, 4.69) is 4.98 Å². The van der Waals surface area contributed by atoms with Gasteiger partial charge in [-0.25, -0.2) is 4.98 Å². The Morgan fingerprint density at radius 1 is 1.07 bits per heavy atom. The molecule has 0 unspecified atom stereocenters. The second-order valence-electron chi connectivity index (χ2n) is 6.56. The monoisotopic (exact) mass is 380 g/mol. The van der Waals surface area contributed by atoms with Gasteiger partial charge in [-0.15, -0.1) is 0 Å². The molecule has 28 heavy (non-hydrogen) atoms. The smallest absolute Gasteiger partial charge is 0.303 e. The summed E-state index contributed by atoms with van der Waals surface area (Å²) in [6, 6.07) is 11.6. The summed E-state index contributed by atoms with van der Waals surface area (Å²) in [5, 5.41) is 8.69. The molecule has 0 aliphatic heterocycles. The summed E-state index contributed by atoms with van der Waals surface area (Å²) < 4.78 is 11.3. The molecule has 0 bridgehead atoms. The number of methoxy groups -OCH3 is 1. The average Bonchev–Trinajstić information content (AvgIpc) is 3.15. The maximum Gasteiger partial charge on any atom is 0.303 e. The van der Waals surface area contributed by atoms with Crippen molar-refractivity contribution >= 4 is 5.97 Å². The van der Waals surface area contributed by atoms with Gasteiger partial charge in [0, 0.05) is 36.4 Å². The maximum atomic E-state index is 10.6. The molecule has 0 amide bonds. The number of aliphatic carboxylic acids is 1. The van der Waals surface area contributed by atoms with E-state index in [1.54, 1.807) is 19.5 Å². The normalized spacial score (nSPS) is 10.8. The van der Waals surface area contributed by atoms with Gasteiger partial charge < -0.3 is 14.3 Å². The molecule has 0 saturated heterocycles. The molecule has 0 aliphatic carbocycles. The van der Waals surface area contributed by atoms with Crippen LogP contribution in [0.3, 0.4) is 0 Å². The van der Waals surface area contributed by atoms with E-state index in [-0.39, 0.29) is 6.42 Å². The number of aromatic nitrogens is 2. The van der Waals surface area contributed by atoms with Crippen LogP contribution in [0.2, 0.25) is 0 Å². The zero-order valence-electron chi connectivity index (χ0n) is 15.9. The van der Waals surface area contributed by atoms with Crippen LogP contribution in [0.15, 0.2) is 53.2 Å². The molecule has 0 fully saturated rings. The third kappa shape index (κ3) is 5.19. The van der Waals surface area contributed by atoms with E-state index >= 15 is 0 Å². The molecule has 6 nitrogen and oxygen atoms in total. The van der Waals surface area contributed by atoms with Gasteiger partial charge in [0.05, 0.1) is 7.11 Å². The van der Waals surface area contributed by atoms with E-state index in [4.69, 9.17) is 19.2 Å². The van der Waals surface area contributed by atoms with Crippen LogP contribution in [0.4, 0.5) is 0 Å². The minimum atomic E-state index is -0.738. The molecule has 6 heteroatoms. The van der Waals surface area contributed by atoms with Crippen LogP contribution in [0, 0.1) is 0 Å². The molecular formula is C22H24N2O4. The topological polar surface area (TPSA) is 85.5 Å². The Morgan fingerprint density at radius 2 is 1.86 bits per heavy atom. The Hall–Kier alpha value is -3.15. The molecule has 0 atom stereocenters. The first-order chi connectivity index (χ1) is 13.7. The fraction of sp³-hybridized carbons (Fsp3) is 0.318. The summed E-state index contributed by atoms with van der Waals surface area (Å²) in [7, 11) is 1.64. The SMILES string of the molecule is COc1ccc(-c2nc(CCCCCCC(=O)O)oc2-c2cccnc2)cc1. The highest BCUT2D eigenvalue weighted by atomic mass is 16.5. The van der Waals surface area contributed by atoms with E-state index in [1.807, 2.05) is 36.4 Å². The quantitative estimate of drug-likeness (QED) is 0.499. The first-order valence-electron chi connectivity index (χ1n) is 9.43. The van der Waals surface area contributed by atoms with Gasteiger partial charge in [-0.05, 0) is 49.2 Å². The summed E-state index contributed by atoms with van der Waals surface area (Å²) in [5.41, 5.74) is 2.63. The van der Waals surface area contributed by atoms with Gasteiger partial charge in [-0.3, -0.25) is 9.78 Å². The number of hydrogen-bond donors (Lipinski definition) is 1. The van der Waals surface area contributed by atoms with Gasteiger partial charge in [-0.1, -0.05) is 12.8 Å². The van der Waals surface area contributed by atoms with Gasteiger partial charge in [0.1, 0.15) is 11.4 Å². The van der Waals surface area contributed by atoms with E-state index in [9.17, 15) is 4.79 Å². The van der Waals surface area contributed by atoms with Crippen molar-refractivity contribution in [2.75, 3.05) is 7.11 Å². The number of oxazole rings is 1. The Kier molecular flexibility index (Phi) is 6.78. The Morgan fingerprint density at radius 3 is 2.54 bits per heavy atom. The van der Waals surface area contributed by atoms with Crippen LogP contribution >= 0.6 is 0 Å². The predicted octanol–water partition coefficient (Wildman–Crippen LogP) is 4.99. The van der Waals surface area contributed by atoms with Crippen molar-refractivity contribution in [3.63, 3.8) is 0 Å². The lowest BCUT2D eigenvalue weighted by atomic mass is 10.1. The third-order valence-electron chi connectivity index (χ3n) is 4.49. The molecule has 0 spiro atoms. The van der Waals surface area contributed by atoms with Crippen LogP contribution in [-0.4, -0.2) is 28.2 Å². The van der Waals surface area contributed by atoms with Crippen molar-refractivity contribution in [3.8, 4) is 28.3 Å². The highest BCUT2D eigenvalue weighted by molar-refractivity contribution is 5.76. The largest absolute Gasteiger partial charge is 0.497 e. The number of aryl methyl sites for hydroxylation is 1. The number of unbranched alkanes of at least 4 members (excludes halogenated alkanes) is 3. The van der Waals surface area contributed by atoms with E-state index in [0.717, 1.165) is 48.3 Å². The summed E-state index contributed by atoms with van der Waals surface area (Å²) >= 11 is 0. The number of ether oxygens (including phenoxy) is 1. The fourth-order valence-electron chi connectivity index (χ4n) is 3.01. The van der Waals surface area contributed by atoms with Crippen LogP contribution in [0.1, 0.15) is 38.0 Å². The lowest BCUT2D eigenvalue weighted by Crippen LogP contribution is -1.94. The first kappa shape index (κ1) is 19.6. The van der Waals surface area contributed by atoms with E-state index in [1.165, 1.54) is 0 Å². The molecule has 0 aliphatic rings. The number of benzene rings is 1. The van der Waals surface area contributed by atoms with Gasteiger partial charge in [0.15, 0.2) is 11.7 Å². The number of pyridine rings is 1. The van der Waals surface area contributed by atoms with Gasteiger partial charge in [-0.2, -0.15) is 0 Å². The summed E-state index contributed by atoms with van der Waals surface area (Å²) in [5.74, 6) is 1.44. The van der Waals surface area contributed by atoms with Crippen LogP contribution < -0.4 is 4.74 Å². The molecular weight excluding hydrogens is 356 g/mol. The molecule has 146 valence electrons. The summed E-state index contributed by atoms with van der Waals surface area (Å²) in [6.07, 6.45) is 7.91. The molecule has 0 saturated carbocycles. The van der Waals surface area contributed by atoms with Crippen molar-refractivity contribution in [3.05, 3.63) is 54.7 Å². The first-order valence-corrected chi connectivity index (χ1v) is 9.43. The van der Waals surface area contributed by atoms with Crippen LogP contribution in [0.5, 0.6) is 5.75 Å². The third-order valence-corrected chi connectivity index (χ3v) is 4.49. The summed E-state index contributed by atoms with van der Waals surface area (Å²) in [6.45, 7) is 0. The molecule has 1 N–H and O–H groups in total. The molecule has 2 aromatic heterocycles. The number of nitrogens with zero attached hydrogens (tertiary/aromatic N) is 2. The van der Waals surface area contributed by atoms with Crippen molar-refractivity contribution < 1.29 is 19.1 Å². The van der Waals surface area contributed by atoms with Crippen LogP contribution in [-0.2, 0) is 11.2 Å². The lowest BCUT2D eigenvalue weighted by molar-refractivity contribution is -0.137. The lowest BCUT2D eigenvalue weighted by Gasteiger charge is -2.03. The van der Waals surface area contributed by atoms with Gasteiger partial charge >= 0.3 is 5.97 Å². The molecule has 2 heterocycles. The van der Waals surface area contributed by atoms with Crippen molar-refractivity contribution in [2.24, 2.45) is 0 Å². The van der Waals surface area contributed by atoms with Crippen molar-refractivity contribution in [1.82, 2.24) is 9.97 Å². The highest BCUT2D eigenvalue weighted by Crippen LogP contribution is 2.33. The average molecular weight is 380 g/mol. The van der Waals surface area contributed by atoms with Crippen LogP contribution in [0.25, 0.3) is 22.6 Å². The Bertz CT molecular complexity index is 889. The predicted molar refractivity (Wildman–Crippen MR) is 106 cm³/mol. The van der Waals surface area contributed by atoms with Crippen molar-refractivity contribution in [2.45, 2.75) is 38.5 Å². The number of hydrogen-bond acceptors (Lipinski definition) is 5. The molecule has 1 aromatic carbocycles. The Balaban J connectivity index is 1.75. The molecule has 3 aromatic rings. The second kappa shape index (κ2) is 9.69. The van der Waals surface area contributed by atoms with Gasteiger partial charge in [0.25, 0.3) is 0 Å². The minimum absolute atomic E-state index is 0.228. The second-order valence-corrected chi connectivity index (χ2v) is 6.56. The Labute approximate surface area is 164 Å². The number of carbonyl (C=O) groups is 1. The number of rotatable bonds is 10. The van der Waals surface area contributed by atoms with Crippen molar-refractivity contribution in [1.29, 1.82) is 0 Å². The minimum Gasteiger partial charge on any atom is -0.497 e. The zero-order valence-corrected chi connectivity index (χ0v) is 15.9. The fourth-order valence-corrected chi connectivity index (χ4v) is 3.01. The standard InChI is InChI=1S/C22H24N2O4/c1-27-18-12-10-16(11-13-18)21-22(17-7-6-14-23-15-17)28-19(24-21)8-4-2-3-5-9-20(25)26/h6-7,10-15H,2-5,8-9H2,1H3,(H,25,26). The number of carboxylic acids is 1. The summed E-state index contributed by atoms with van der Waals surface area (Å²) in [4.78, 5) is 19.5. The van der Waals surface area contributed by atoms with Gasteiger partial charge in [0.2, 0.25) is 0 Å². The molecule has 0 radical (unpaired) electrons. The van der Waals surface area contributed by atoms with E-state index in [0.29, 0.717) is 18.1 Å². The maximum absolute atomic E-state index is 10.6. The molecule has 3 rings (SSSR count).